The minimum Gasteiger partial charge on any atom is -0.391 e. The molecule has 4 heteroatoms. The average molecular weight is 200 g/mol. The van der Waals surface area contributed by atoms with E-state index in [9.17, 15) is 9.90 Å². The van der Waals surface area contributed by atoms with Crippen molar-refractivity contribution in [3.05, 3.63) is 0 Å². The fourth-order valence-electron chi connectivity index (χ4n) is 1.58. The standard InChI is InChI=1S/C10H20N2O2/c1-3-5-11-10(14)12-6-4-8(2)9(13)7-12/h8-9,13H,3-7H2,1-2H3,(H,11,14). The summed E-state index contributed by atoms with van der Waals surface area (Å²) in [5.74, 6) is 0.310. The zero-order valence-electron chi connectivity index (χ0n) is 8.99. The summed E-state index contributed by atoms with van der Waals surface area (Å²) in [5.41, 5.74) is 0. The van der Waals surface area contributed by atoms with E-state index in [1.165, 1.54) is 0 Å². The summed E-state index contributed by atoms with van der Waals surface area (Å²) < 4.78 is 0. The molecule has 1 fully saturated rings. The van der Waals surface area contributed by atoms with Crippen LogP contribution in [-0.4, -0.2) is 41.8 Å². The molecule has 1 saturated heterocycles. The highest BCUT2D eigenvalue weighted by Crippen LogP contribution is 2.16. The van der Waals surface area contributed by atoms with Crippen LogP contribution in [0.2, 0.25) is 0 Å². The number of amides is 2. The highest BCUT2D eigenvalue weighted by Gasteiger charge is 2.26. The first kappa shape index (κ1) is 11.3. The molecule has 0 aliphatic carbocycles. The second kappa shape index (κ2) is 5.20. The van der Waals surface area contributed by atoms with Crippen LogP contribution in [0, 0.1) is 5.92 Å². The Kier molecular flexibility index (Phi) is 4.20. The summed E-state index contributed by atoms with van der Waals surface area (Å²) in [4.78, 5) is 13.2. The molecule has 0 radical (unpaired) electrons. The van der Waals surface area contributed by atoms with Crippen LogP contribution in [0.15, 0.2) is 0 Å². The third kappa shape index (κ3) is 2.87. The van der Waals surface area contributed by atoms with Gasteiger partial charge in [0, 0.05) is 19.6 Å². The fraction of sp³-hybridized carbons (Fsp3) is 0.900. The summed E-state index contributed by atoms with van der Waals surface area (Å²) >= 11 is 0. The number of rotatable bonds is 2. The Morgan fingerprint density at radius 3 is 2.93 bits per heavy atom. The smallest absolute Gasteiger partial charge is 0.317 e. The maximum Gasteiger partial charge on any atom is 0.317 e. The van der Waals surface area contributed by atoms with Crippen molar-refractivity contribution in [2.45, 2.75) is 32.8 Å². The number of aliphatic hydroxyl groups excluding tert-OH is 1. The number of β-amino-alcohol motifs (C(OH)–C–C–N with tert-alkyl or cyclic N) is 1. The first-order valence-electron chi connectivity index (χ1n) is 5.36. The van der Waals surface area contributed by atoms with Gasteiger partial charge >= 0.3 is 6.03 Å². The van der Waals surface area contributed by atoms with Crippen molar-refractivity contribution in [2.24, 2.45) is 5.92 Å². The molecular formula is C10H20N2O2. The number of piperidine rings is 1. The molecule has 2 N–H and O–H groups in total. The Labute approximate surface area is 85.3 Å². The van der Waals surface area contributed by atoms with Gasteiger partial charge in [0.25, 0.3) is 0 Å². The van der Waals surface area contributed by atoms with Gasteiger partial charge in [-0.15, -0.1) is 0 Å². The van der Waals surface area contributed by atoms with Crippen LogP contribution in [0.3, 0.4) is 0 Å². The van der Waals surface area contributed by atoms with Crippen LogP contribution in [-0.2, 0) is 0 Å². The van der Waals surface area contributed by atoms with Gasteiger partial charge in [0.05, 0.1) is 6.10 Å². The molecule has 0 bridgehead atoms. The van der Waals surface area contributed by atoms with Gasteiger partial charge in [0.15, 0.2) is 0 Å². The lowest BCUT2D eigenvalue weighted by atomic mass is 9.96. The van der Waals surface area contributed by atoms with E-state index in [2.05, 4.69) is 5.32 Å². The molecule has 4 nitrogen and oxygen atoms in total. The largest absolute Gasteiger partial charge is 0.391 e. The van der Waals surface area contributed by atoms with Gasteiger partial charge in [-0.05, 0) is 18.8 Å². The lowest BCUT2D eigenvalue weighted by Crippen LogP contribution is -2.49. The maximum absolute atomic E-state index is 11.5. The second-order valence-corrected chi connectivity index (χ2v) is 4.01. The molecule has 1 rings (SSSR count). The van der Waals surface area contributed by atoms with E-state index in [-0.39, 0.29) is 12.1 Å². The van der Waals surface area contributed by atoms with E-state index < -0.39 is 0 Å². The number of aliphatic hydroxyl groups is 1. The third-order valence-corrected chi connectivity index (χ3v) is 2.73. The second-order valence-electron chi connectivity index (χ2n) is 4.01. The van der Waals surface area contributed by atoms with Crippen LogP contribution in [0.4, 0.5) is 4.79 Å². The normalized spacial score (nSPS) is 27.5. The monoisotopic (exact) mass is 200 g/mol. The number of urea groups is 1. The number of carbonyl (C=O) groups is 1. The van der Waals surface area contributed by atoms with Gasteiger partial charge in [-0.3, -0.25) is 0 Å². The highest BCUT2D eigenvalue weighted by atomic mass is 16.3. The summed E-state index contributed by atoms with van der Waals surface area (Å²) in [5, 5.41) is 12.4. The molecule has 1 aliphatic heterocycles. The molecule has 0 aromatic heterocycles. The van der Waals surface area contributed by atoms with Crippen LogP contribution in [0.1, 0.15) is 26.7 Å². The summed E-state index contributed by atoms with van der Waals surface area (Å²) in [6.45, 7) is 5.98. The number of hydrogen-bond donors (Lipinski definition) is 2. The molecule has 14 heavy (non-hydrogen) atoms. The molecule has 1 aliphatic rings. The maximum atomic E-state index is 11.5. The predicted molar refractivity (Wildman–Crippen MR) is 55.1 cm³/mol. The zero-order valence-corrected chi connectivity index (χ0v) is 8.99. The molecule has 82 valence electrons. The molecule has 0 spiro atoms. The predicted octanol–water partition coefficient (Wildman–Crippen LogP) is 0.809. The summed E-state index contributed by atoms with van der Waals surface area (Å²) in [6, 6.07) is -0.0437. The Bertz CT molecular complexity index is 197. The summed E-state index contributed by atoms with van der Waals surface area (Å²) in [6.07, 6.45) is 1.47. The summed E-state index contributed by atoms with van der Waals surface area (Å²) in [7, 11) is 0. The van der Waals surface area contributed by atoms with Crippen LogP contribution < -0.4 is 5.32 Å². The lowest BCUT2D eigenvalue weighted by Gasteiger charge is -2.34. The lowest BCUT2D eigenvalue weighted by molar-refractivity contribution is 0.0436. The molecular weight excluding hydrogens is 180 g/mol. The number of likely N-dealkylation sites (tertiary alicyclic amines) is 1. The average Bonchev–Trinajstić information content (AvgIpc) is 2.18. The third-order valence-electron chi connectivity index (χ3n) is 2.73. The number of hydrogen-bond acceptors (Lipinski definition) is 2. The SMILES string of the molecule is CCCNC(=O)N1CCC(C)C(O)C1. The Morgan fingerprint density at radius 1 is 1.64 bits per heavy atom. The van der Waals surface area contributed by atoms with Gasteiger partial charge < -0.3 is 15.3 Å². The molecule has 2 atom stereocenters. The molecule has 2 unspecified atom stereocenters. The molecule has 2 amide bonds. The van der Waals surface area contributed by atoms with E-state index in [4.69, 9.17) is 0 Å². The highest BCUT2D eigenvalue weighted by molar-refractivity contribution is 5.74. The van der Waals surface area contributed by atoms with Crippen molar-refractivity contribution in [1.29, 1.82) is 0 Å². The van der Waals surface area contributed by atoms with Crippen molar-refractivity contribution < 1.29 is 9.90 Å². The van der Waals surface area contributed by atoms with Crippen LogP contribution in [0.5, 0.6) is 0 Å². The minimum absolute atomic E-state index is 0.0437. The van der Waals surface area contributed by atoms with Gasteiger partial charge in [0.1, 0.15) is 0 Å². The zero-order chi connectivity index (χ0) is 10.6. The molecule has 1 heterocycles. The van der Waals surface area contributed by atoms with Gasteiger partial charge in [-0.2, -0.15) is 0 Å². The van der Waals surface area contributed by atoms with Crippen molar-refractivity contribution >= 4 is 6.03 Å². The fourth-order valence-corrected chi connectivity index (χ4v) is 1.58. The van der Waals surface area contributed by atoms with Gasteiger partial charge in [-0.25, -0.2) is 4.79 Å². The first-order chi connectivity index (χ1) is 6.65. The Hall–Kier alpha value is -0.770. The quantitative estimate of drug-likeness (QED) is 0.693. The van der Waals surface area contributed by atoms with E-state index in [0.29, 0.717) is 19.0 Å². The van der Waals surface area contributed by atoms with Crippen molar-refractivity contribution in [3.8, 4) is 0 Å². The number of nitrogens with one attached hydrogen (secondary N) is 1. The van der Waals surface area contributed by atoms with Crippen LogP contribution in [0.25, 0.3) is 0 Å². The van der Waals surface area contributed by atoms with E-state index in [0.717, 1.165) is 19.4 Å². The van der Waals surface area contributed by atoms with E-state index in [1.54, 1.807) is 4.90 Å². The number of nitrogens with zero attached hydrogens (tertiary/aromatic N) is 1. The van der Waals surface area contributed by atoms with Crippen molar-refractivity contribution in [1.82, 2.24) is 10.2 Å². The van der Waals surface area contributed by atoms with E-state index >= 15 is 0 Å². The number of carbonyl (C=O) groups excluding carboxylic acids is 1. The van der Waals surface area contributed by atoms with E-state index in [1.807, 2.05) is 13.8 Å². The topological polar surface area (TPSA) is 52.6 Å². The van der Waals surface area contributed by atoms with Gasteiger partial charge in [-0.1, -0.05) is 13.8 Å². The van der Waals surface area contributed by atoms with Gasteiger partial charge in [0.2, 0.25) is 0 Å². The Balaban J connectivity index is 2.34. The van der Waals surface area contributed by atoms with Crippen LogP contribution >= 0.6 is 0 Å². The molecule has 0 aromatic carbocycles. The van der Waals surface area contributed by atoms with Crippen molar-refractivity contribution in [2.75, 3.05) is 19.6 Å². The first-order valence-corrected chi connectivity index (χ1v) is 5.36. The molecule has 0 saturated carbocycles. The Morgan fingerprint density at radius 2 is 2.36 bits per heavy atom. The van der Waals surface area contributed by atoms with Crippen molar-refractivity contribution in [3.63, 3.8) is 0 Å². The minimum atomic E-state index is -0.365. The molecule has 0 aromatic rings.